The summed E-state index contributed by atoms with van der Waals surface area (Å²) < 4.78 is 0. The van der Waals surface area contributed by atoms with Crippen molar-refractivity contribution in [3.8, 4) is 0 Å². The van der Waals surface area contributed by atoms with Crippen molar-refractivity contribution in [2.24, 2.45) is 11.5 Å². The number of hydrogen-bond donors (Lipinski definition) is 2. The molecule has 0 aliphatic carbocycles. The zero-order chi connectivity index (χ0) is 9.68. The van der Waals surface area contributed by atoms with Crippen LogP contribution in [0.25, 0.3) is 0 Å². The van der Waals surface area contributed by atoms with Gasteiger partial charge in [-0.3, -0.25) is 4.90 Å². The summed E-state index contributed by atoms with van der Waals surface area (Å²) in [4.78, 5) is 12.6. The Labute approximate surface area is 81.1 Å². The number of carbonyl (C=O) groups excluding carboxylic acids is 1. The second kappa shape index (κ2) is 4.84. The monoisotopic (exact) mass is 199 g/mol. The van der Waals surface area contributed by atoms with Crippen molar-refractivity contribution in [1.29, 1.82) is 0 Å². The SMILES string of the molecule is NCCCN(C(N)=O)c1cccs1. The Morgan fingerprint density at radius 2 is 2.38 bits per heavy atom. The van der Waals surface area contributed by atoms with E-state index in [-0.39, 0.29) is 0 Å². The summed E-state index contributed by atoms with van der Waals surface area (Å²) in [5.41, 5.74) is 10.6. The summed E-state index contributed by atoms with van der Waals surface area (Å²) in [5.74, 6) is 0. The number of nitrogens with two attached hydrogens (primary N) is 2. The van der Waals surface area contributed by atoms with E-state index in [0.29, 0.717) is 13.1 Å². The number of amides is 2. The van der Waals surface area contributed by atoms with Gasteiger partial charge < -0.3 is 11.5 Å². The van der Waals surface area contributed by atoms with Gasteiger partial charge in [-0.05, 0) is 30.5 Å². The highest BCUT2D eigenvalue weighted by atomic mass is 32.1. The first-order chi connectivity index (χ1) is 6.25. The van der Waals surface area contributed by atoms with Crippen molar-refractivity contribution in [2.75, 3.05) is 18.0 Å². The van der Waals surface area contributed by atoms with Crippen molar-refractivity contribution in [2.45, 2.75) is 6.42 Å². The number of hydrogen-bond acceptors (Lipinski definition) is 3. The van der Waals surface area contributed by atoms with Crippen molar-refractivity contribution in [1.82, 2.24) is 0 Å². The van der Waals surface area contributed by atoms with Gasteiger partial charge in [0.1, 0.15) is 0 Å². The minimum absolute atomic E-state index is 0.420. The minimum atomic E-state index is -0.420. The van der Waals surface area contributed by atoms with Crippen molar-refractivity contribution < 1.29 is 4.79 Å². The predicted molar refractivity (Wildman–Crippen MR) is 54.9 cm³/mol. The molecule has 0 unspecified atom stereocenters. The lowest BCUT2D eigenvalue weighted by Crippen LogP contribution is -2.36. The highest BCUT2D eigenvalue weighted by Crippen LogP contribution is 2.20. The summed E-state index contributed by atoms with van der Waals surface area (Å²) in [7, 11) is 0. The van der Waals surface area contributed by atoms with Crippen LogP contribution in [0.5, 0.6) is 0 Å². The van der Waals surface area contributed by atoms with Crippen LogP contribution in [0, 0.1) is 0 Å². The van der Waals surface area contributed by atoms with Gasteiger partial charge in [0.25, 0.3) is 0 Å². The molecule has 0 saturated heterocycles. The van der Waals surface area contributed by atoms with E-state index in [1.165, 1.54) is 16.2 Å². The van der Waals surface area contributed by atoms with E-state index in [9.17, 15) is 4.79 Å². The lowest BCUT2D eigenvalue weighted by Gasteiger charge is -2.17. The molecule has 2 amide bonds. The molecule has 1 aromatic heterocycles. The second-order valence-electron chi connectivity index (χ2n) is 2.58. The third kappa shape index (κ3) is 2.71. The highest BCUT2D eigenvalue weighted by molar-refractivity contribution is 7.14. The largest absolute Gasteiger partial charge is 0.351 e. The van der Waals surface area contributed by atoms with Crippen LogP contribution in [-0.4, -0.2) is 19.1 Å². The molecular formula is C8H13N3OS. The van der Waals surface area contributed by atoms with Crippen LogP contribution in [0.3, 0.4) is 0 Å². The molecule has 0 aromatic carbocycles. The molecule has 1 heterocycles. The van der Waals surface area contributed by atoms with Gasteiger partial charge in [0.05, 0.1) is 5.00 Å². The van der Waals surface area contributed by atoms with Crippen LogP contribution < -0.4 is 16.4 Å². The molecule has 0 saturated carbocycles. The topological polar surface area (TPSA) is 72.3 Å². The second-order valence-corrected chi connectivity index (χ2v) is 3.51. The first-order valence-electron chi connectivity index (χ1n) is 4.06. The van der Waals surface area contributed by atoms with E-state index in [1.54, 1.807) is 0 Å². The number of primary amides is 1. The number of anilines is 1. The molecule has 72 valence electrons. The lowest BCUT2D eigenvalue weighted by atomic mass is 10.4. The number of carbonyl (C=O) groups is 1. The van der Waals surface area contributed by atoms with Crippen molar-refractivity contribution in [3.63, 3.8) is 0 Å². The van der Waals surface area contributed by atoms with Crippen molar-refractivity contribution >= 4 is 22.4 Å². The van der Waals surface area contributed by atoms with E-state index in [4.69, 9.17) is 11.5 Å². The van der Waals surface area contributed by atoms with E-state index in [0.717, 1.165) is 11.4 Å². The third-order valence-electron chi connectivity index (χ3n) is 1.62. The minimum Gasteiger partial charge on any atom is -0.351 e. The van der Waals surface area contributed by atoms with E-state index < -0.39 is 6.03 Å². The van der Waals surface area contributed by atoms with Gasteiger partial charge in [0.2, 0.25) is 0 Å². The lowest BCUT2D eigenvalue weighted by molar-refractivity contribution is 0.254. The fourth-order valence-electron chi connectivity index (χ4n) is 1.00. The first kappa shape index (κ1) is 10.0. The standard InChI is InChI=1S/C8H13N3OS/c9-4-2-5-11(8(10)12)7-3-1-6-13-7/h1,3,6H,2,4-5,9H2,(H2,10,12). The Balaban J connectivity index is 2.63. The van der Waals surface area contributed by atoms with Gasteiger partial charge in [-0.1, -0.05) is 0 Å². The maximum atomic E-state index is 11.0. The average Bonchev–Trinajstić information content (AvgIpc) is 2.57. The summed E-state index contributed by atoms with van der Waals surface area (Å²) in [5, 5.41) is 2.79. The van der Waals surface area contributed by atoms with Gasteiger partial charge in [-0.2, -0.15) is 0 Å². The van der Waals surface area contributed by atoms with Gasteiger partial charge in [-0.25, -0.2) is 4.79 Å². The average molecular weight is 199 g/mol. The van der Waals surface area contributed by atoms with E-state index >= 15 is 0 Å². The molecule has 1 rings (SSSR count). The van der Waals surface area contributed by atoms with Crippen molar-refractivity contribution in [3.05, 3.63) is 17.5 Å². The zero-order valence-electron chi connectivity index (χ0n) is 7.27. The Morgan fingerprint density at radius 1 is 1.62 bits per heavy atom. The summed E-state index contributed by atoms with van der Waals surface area (Å²) in [6, 6.07) is 3.33. The molecular weight excluding hydrogens is 186 g/mol. The van der Waals surface area contributed by atoms with Gasteiger partial charge in [0, 0.05) is 6.54 Å². The molecule has 4 nitrogen and oxygen atoms in total. The summed E-state index contributed by atoms with van der Waals surface area (Å²) >= 11 is 1.49. The molecule has 0 radical (unpaired) electrons. The maximum absolute atomic E-state index is 11.0. The molecule has 13 heavy (non-hydrogen) atoms. The smallest absolute Gasteiger partial charge is 0.319 e. The third-order valence-corrected chi connectivity index (χ3v) is 2.52. The number of urea groups is 1. The summed E-state index contributed by atoms with van der Waals surface area (Å²) in [6.45, 7) is 1.15. The number of nitrogens with zero attached hydrogens (tertiary/aromatic N) is 1. The molecule has 1 aromatic rings. The molecule has 0 spiro atoms. The normalized spacial score (nSPS) is 9.92. The zero-order valence-corrected chi connectivity index (χ0v) is 8.09. The van der Waals surface area contributed by atoms with Crippen LogP contribution in [0.15, 0.2) is 17.5 Å². The highest BCUT2D eigenvalue weighted by Gasteiger charge is 2.11. The van der Waals surface area contributed by atoms with E-state index in [1.807, 2.05) is 17.5 Å². The molecule has 5 heteroatoms. The Hall–Kier alpha value is -1.07. The molecule has 0 aliphatic heterocycles. The van der Waals surface area contributed by atoms with Crippen LogP contribution in [0.1, 0.15) is 6.42 Å². The molecule has 4 N–H and O–H groups in total. The van der Waals surface area contributed by atoms with Crippen LogP contribution in [0.2, 0.25) is 0 Å². The molecule has 0 aliphatic rings. The Kier molecular flexibility index (Phi) is 3.72. The Morgan fingerprint density at radius 3 is 2.85 bits per heavy atom. The number of thiophene rings is 1. The van der Waals surface area contributed by atoms with Gasteiger partial charge in [0.15, 0.2) is 0 Å². The first-order valence-corrected chi connectivity index (χ1v) is 4.94. The van der Waals surface area contributed by atoms with Crippen LogP contribution in [0.4, 0.5) is 9.80 Å². The maximum Gasteiger partial charge on any atom is 0.319 e. The molecule has 0 atom stereocenters. The van der Waals surface area contributed by atoms with E-state index in [2.05, 4.69) is 0 Å². The molecule has 0 bridgehead atoms. The van der Waals surface area contributed by atoms with Gasteiger partial charge >= 0.3 is 6.03 Å². The van der Waals surface area contributed by atoms with Crippen LogP contribution in [-0.2, 0) is 0 Å². The fraction of sp³-hybridized carbons (Fsp3) is 0.375. The Bertz CT molecular complexity index is 260. The number of rotatable bonds is 4. The quantitative estimate of drug-likeness (QED) is 0.758. The fourth-order valence-corrected chi connectivity index (χ4v) is 1.76. The predicted octanol–water partition coefficient (Wildman–Crippen LogP) is 0.982. The van der Waals surface area contributed by atoms with Gasteiger partial charge in [-0.15, -0.1) is 11.3 Å². The van der Waals surface area contributed by atoms with Crippen LogP contribution >= 0.6 is 11.3 Å². The molecule has 0 fully saturated rings. The summed E-state index contributed by atoms with van der Waals surface area (Å²) in [6.07, 6.45) is 0.765.